The minimum atomic E-state index is -1.98. The van der Waals surface area contributed by atoms with Gasteiger partial charge in [-0.3, -0.25) is 4.79 Å². The zero-order valence-electron chi connectivity index (χ0n) is 50.4. The van der Waals surface area contributed by atoms with Crippen molar-refractivity contribution in [3.63, 3.8) is 0 Å². The van der Waals surface area contributed by atoms with Gasteiger partial charge in [-0.1, -0.05) is 203 Å². The average molecular weight is 1180 g/mol. The van der Waals surface area contributed by atoms with Gasteiger partial charge >= 0.3 is 0 Å². The molecule has 0 aromatic heterocycles. The highest BCUT2D eigenvalue weighted by Crippen LogP contribution is 2.33. The van der Waals surface area contributed by atoms with Gasteiger partial charge in [-0.2, -0.15) is 0 Å². The summed E-state index contributed by atoms with van der Waals surface area (Å²) in [7, 11) is 0. The Balaban J connectivity index is 1.47. The number of hydrogen-bond acceptors (Lipinski definition) is 18. The van der Waals surface area contributed by atoms with E-state index >= 15 is 0 Å². The van der Waals surface area contributed by atoms with Crippen LogP contribution in [0.25, 0.3) is 0 Å². The van der Waals surface area contributed by atoms with Gasteiger partial charge in [0.2, 0.25) is 5.91 Å². The first-order chi connectivity index (χ1) is 40.3. The Morgan fingerprint density at radius 1 is 0.446 bits per heavy atom. The topological polar surface area (TPSA) is 307 Å². The Kier molecular flexibility index (Phi) is 42.0. The van der Waals surface area contributed by atoms with Crippen LogP contribution in [0.2, 0.25) is 0 Å². The number of nitrogens with one attached hydrogen (secondary N) is 1. The zero-order chi connectivity index (χ0) is 60.5. The number of hydrogen-bond donors (Lipinski definition) is 12. The summed E-state index contributed by atoms with van der Waals surface area (Å²) < 4.78 is 34.3. The van der Waals surface area contributed by atoms with Gasteiger partial charge in [0.15, 0.2) is 18.9 Å². The van der Waals surface area contributed by atoms with Crippen molar-refractivity contribution in [2.45, 2.75) is 311 Å². The number of carbonyl (C=O) groups excluding carboxylic acids is 1. The maximum absolute atomic E-state index is 13.4. The first-order valence-corrected chi connectivity index (χ1v) is 32.0. The van der Waals surface area contributed by atoms with E-state index in [9.17, 15) is 61.0 Å². The summed E-state index contributed by atoms with van der Waals surface area (Å²) in [5.41, 5.74) is 0. The summed E-state index contributed by atoms with van der Waals surface area (Å²) in [6, 6.07) is -0.977. The Morgan fingerprint density at radius 2 is 0.831 bits per heavy atom. The van der Waals surface area contributed by atoms with E-state index in [0.29, 0.717) is 6.42 Å². The molecule has 1 amide bonds. The number of aliphatic hydroxyl groups excluding tert-OH is 11. The van der Waals surface area contributed by atoms with Gasteiger partial charge in [0.05, 0.1) is 38.6 Å². The first-order valence-electron chi connectivity index (χ1n) is 32.0. The molecule has 0 radical (unpaired) electrons. The molecule has 3 saturated heterocycles. The standard InChI is InChI=1S/C64H113NO18/c1-3-5-7-9-11-13-15-17-19-20-21-22-23-24-25-26-28-30-32-34-36-38-40-42-52(70)65-47(48(69)41-39-37-35-33-31-29-27-18-16-14-12-10-8-6-4-2)46-78-62-58(76)55(73)60(50(44-67)80-62)83-64-59(77)56(74)61(51(45-68)81-64)82-63-57(75)54(72)53(71)49(43-66)79-63/h5,7,11,13,17,19,21-22,39,41,47-51,53-64,66-69,71-77H,3-4,6,8-10,12,14-16,18,20,23-38,40,42-46H2,1-2H3,(H,65,70)/b7-5-,13-11-,19-17-,22-21-,41-39+. The van der Waals surface area contributed by atoms with E-state index in [2.05, 4.69) is 67.8 Å². The molecule has 0 spiro atoms. The number of amides is 1. The Bertz CT molecular complexity index is 1750. The minimum Gasteiger partial charge on any atom is -0.394 e. The lowest BCUT2D eigenvalue weighted by atomic mass is 9.96. The third kappa shape index (κ3) is 29.8. The maximum atomic E-state index is 13.4. The summed E-state index contributed by atoms with van der Waals surface area (Å²) >= 11 is 0. The molecule has 3 aliphatic rings. The van der Waals surface area contributed by atoms with Crippen molar-refractivity contribution in [3.05, 3.63) is 60.8 Å². The largest absolute Gasteiger partial charge is 0.394 e. The fourth-order valence-electron chi connectivity index (χ4n) is 10.6. The fraction of sp³-hybridized carbons (Fsp3) is 0.828. The van der Waals surface area contributed by atoms with Crippen LogP contribution in [0.4, 0.5) is 0 Å². The summed E-state index contributed by atoms with van der Waals surface area (Å²) in [6.45, 7) is 1.60. The Morgan fingerprint density at radius 3 is 1.30 bits per heavy atom. The SMILES string of the molecule is CC/C=C\C/C=C\C/C=C\C/C=C\CCCCCCCCCCCCC(=O)NC(COC1OC(CO)C(OC2OC(CO)C(OC3OC(CO)C(O)C(O)C3O)C(O)C2O)C(O)C1O)C(O)/C=C/CCCCCCCCCCCCCCC. The van der Waals surface area contributed by atoms with E-state index in [4.69, 9.17) is 28.4 Å². The van der Waals surface area contributed by atoms with Crippen molar-refractivity contribution in [1.29, 1.82) is 0 Å². The monoisotopic (exact) mass is 1180 g/mol. The van der Waals surface area contributed by atoms with Crippen LogP contribution < -0.4 is 5.32 Å². The van der Waals surface area contributed by atoms with Crippen LogP contribution in [0.1, 0.15) is 206 Å². The van der Waals surface area contributed by atoms with E-state index in [0.717, 1.165) is 83.5 Å². The molecule has 12 N–H and O–H groups in total. The lowest BCUT2D eigenvalue weighted by molar-refractivity contribution is -0.379. The summed E-state index contributed by atoms with van der Waals surface area (Å²) in [5, 5.41) is 120. The van der Waals surface area contributed by atoms with Crippen LogP contribution in [0.5, 0.6) is 0 Å². The van der Waals surface area contributed by atoms with Crippen LogP contribution in [0.15, 0.2) is 60.8 Å². The highest BCUT2D eigenvalue weighted by molar-refractivity contribution is 5.76. The molecule has 0 aromatic rings. The summed E-state index contributed by atoms with van der Waals surface area (Å²) in [4.78, 5) is 13.4. The van der Waals surface area contributed by atoms with E-state index in [1.807, 2.05) is 6.08 Å². The molecule has 0 saturated carbocycles. The number of rotatable bonds is 47. The quantitative estimate of drug-likeness (QED) is 0.0220. The number of carbonyl (C=O) groups is 1. The molecule has 17 unspecified atom stereocenters. The molecule has 0 bridgehead atoms. The second-order valence-corrected chi connectivity index (χ2v) is 22.8. The molecule has 3 aliphatic heterocycles. The van der Waals surface area contributed by atoms with E-state index in [-0.39, 0.29) is 18.9 Å². The van der Waals surface area contributed by atoms with Crippen LogP contribution in [-0.4, -0.2) is 193 Å². The minimum absolute atomic E-state index is 0.236. The number of allylic oxidation sites excluding steroid dienone is 9. The highest BCUT2D eigenvalue weighted by atomic mass is 16.8. The van der Waals surface area contributed by atoms with Crippen LogP contribution in [0.3, 0.4) is 0 Å². The van der Waals surface area contributed by atoms with E-state index in [1.54, 1.807) is 6.08 Å². The van der Waals surface area contributed by atoms with E-state index < -0.39 is 124 Å². The third-order valence-electron chi connectivity index (χ3n) is 15.8. The van der Waals surface area contributed by atoms with Crippen molar-refractivity contribution in [2.75, 3.05) is 26.4 Å². The lowest BCUT2D eigenvalue weighted by Crippen LogP contribution is -2.66. The highest BCUT2D eigenvalue weighted by Gasteiger charge is 2.53. The van der Waals surface area contributed by atoms with Crippen molar-refractivity contribution in [3.8, 4) is 0 Å². The normalized spacial score (nSPS) is 29.8. The summed E-state index contributed by atoms with van der Waals surface area (Å²) in [5.74, 6) is -0.282. The van der Waals surface area contributed by atoms with Crippen LogP contribution in [-0.2, 0) is 33.2 Å². The predicted octanol–water partition coefficient (Wildman–Crippen LogP) is 6.82. The zero-order valence-corrected chi connectivity index (χ0v) is 50.4. The number of ether oxygens (including phenoxy) is 6. The van der Waals surface area contributed by atoms with Crippen LogP contribution in [0, 0.1) is 0 Å². The van der Waals surface area contributed by atoms with Crippen molar-refractivity contribution in [2.24, 2.45) is 0 Å². The first kappa shape index (κ1) is 74.7. The molecule has 19 heteroatoms. The summed E-state index contributed by atoms with van der Waals surface area (Å²) in [6.07, 6.45) is 27.6. The van der Waals surface area contributed by atoms with Crippen molar-refractivity contribution < 1.29 is 89.4 Å². The Labute approximate surface area is 496 Å². The maximum Gasteiger partial charge on any atom is 0.220 e. The van der Waals surface area contributed by atoms with Gasteiger partial charge in [0.1, 0.15) is 73.2 Å². The van der Waals surface area contributed by atoms with Crippen molar-refractivity contribution in [1.82, 2.24) is 5.32 Å². The van der Waals surface area contributed by atoms with Gasteiger partial charge in [-0.15, -0.1) is 0 Å². The van der Waals surface area contributed by atoms with Gasteiger partial charge in [-0.25, -0.2) is 0 Å². The molecule has 83 heavy (non-hydrogen) atoms. The Hall–Kier alpha value is -2.51. The number of aliphatic hydroxyl groups is 11. The molecule has 0 aliphatic carbocycles. The molecule has 3 rings (SSSR count). The van der Waals surface area contributed by atoms with Gasteiger partial charge in [0.25, 0.3) is 0 Å². The van der Waals surface area contributed by atoms with Gasteiger partial charge < -0.3 is 89.9 Å². The lowest BCUT2D eigenvalue weighted by Gasteiger charge is -2.48. The second kappa shape index (κ2) is 46.6. The van der Waals surface area contributed by atoms with Crippen LogP contribution >= 0.6 is 0 Å². The molecule has 3 fully saturated rings. The van der Waals surface area contributed by atoms with Crippen molar-refractivity contribution >= 4 is 5.91 Å². The third-order valence-corrected chi connectivity index (χ3v) is 15.8. The number of unbranched alkanes of at least 4 members (excludes halogenated alkanes) is 23. The predicted molar refractivity (Wildman–Crippen MR) is 318 cm³/mol. The van der Waals surface area contributed by atoms with Gasteiger partial charge in [-0.05, 0) is 57.8 Å². The molecule has 0 aromatic carbocycles. The molecular weight excluding hydrogens is 1070 g/mol. The molecule has 19 nitrogen and oxygen atoms in total. The molecule has 17 atom stereocenters. The van der Waals surface area contributed by atoms with E-state index in [1.165, 1.54) is 96.3 Å². The smallest absolute Gasteiger partial charge is 0.220 e. The molecular formula is C64H113NO18. The molecule has 3 heterocycles. The average Bonchev–Trinajstić information content (AvgIpc) is 3.18. The van der Waals surface area contributed by atoms with Gasteiger partial charge in [0, 0.05) is 6.42 Å². The molecule has 482 valence electrons. The second-order valence-electron chi connectivity index (χ2n) is 22.8. The fourth-order valence-corrected chi connectivity index (χ4v) is 10.6.